The summed E-state index contributed by atoms with van der Waals surface area (Å²) in [5, 5.41) is 3.60. The van der Waals surface area contributed by atoms with Crippen molar-refractivity contribution in [2.24, 2.45) is 5.41 Å². The van der Waals surface area contributed by atoms with Crippen molar-refractivity contribution in [1.29, 1.82) is 0 Å². The molecule has 0 bridgehead atoms. The second-order valence-electron chi connectivity index (χ2n) is 5.67. The lowest BCUT2D eigenvalue weighted by molar-refractivity contribution is 0.0694. The van der Waals surface area contributed by atoms with E-state index in [9.17, 15) is 4.39 Å². The van der Waals surface area contributed by atoms with E-state index in [1.807, 2.05) is 12.1 Å². The molecule has 2 rings (SSSR count). The highest BCUT2D eigenvalue weighted by atomic mass is 19.1. The van der Waals surface area contributed by atoms with E-state index < -0.39 is 0 Å². The predicted molar refractivity (Wildman–Crippen MR) is 69.6 cm³/mol. The maximum atomic E-state index is 12.9. The van der Waals surface area contributed by atoms with Gasteiger partial charge in [0, 0.05) is 6.04 Å². The third kappa shape index (κ3) is 2.37. The normalized spacial score (nSPS) is 26.6. The minimum absolute atomic E-state index is 0.147. The van der Waals surface area contributed by atoms with Crippen LogP contribution in [0, 0.1) is 11.2 Å². The molecule has 0 saturated heterocycles. The van der Waals surface area contributed by atoms with Crippen molar-refractivity contribution >= 4 is 0 Å². The van der Waals surface area contributed by atoms with Crippen molar-refractivity contribution in [1.82, 2.24) is 5.32 Å². The Hall–Kier alpha value is -0.890. The van der Waals surface area contributed by atoms with Crippen LogP contribution < -0.4 is 5.32 Å². The van der Waals surface area contributed by atoms with Crippen LogP contribution in [0.25, 0.3) is 0 Å². The van der Waals surface area contributed by atoms with Gasteiger partial charge in [-0.2, -0.15) is 0 Å². The lowest BCUT2D eigenvalue weighted by atomic mass is 9.56. The molecule has 0 radical (unpaired) electrons. The van der Waals surface area contributed by atoms with E-state index in [1.165, 1.54) is 18.4 Å². The molecule has 0 amide bonds. The average molecular weight is 235 g/mol. The number of rotatable bonds is 4. The maximum Gasteiger partial charge on any atom is 0.123 e. The van der Waals surface area contributed by atoms with Gasteiger partial charge in [0.1, 0.15) is 5.82 Å². The third-order valence-electron chi connectivity index (χ3n) is 4.18. The highest BCUT2D eigenvalue weighted by molar-refractivity contribution is 5.27. The Morgan fingerprint density at radius 3 is 2.47 bits per heavy atom. The zero-order chi connectivity index (χ0) is 12.5. The lowest BCUT2D eigenvalue weighted by Gasteiger charge is -2.53. The standard InChI is InChI=1S/C15H22FN/c1-4-9-17-14-10-13(15(14,2)3)11-5-7-12(16)8-6-11/h5-8,13-14,17H,4,9-10H2,1-3H3. The van der Waals surface area contributed by atoms with E-state index in [4.69, 9.17) is 0 Å². The zero-order valence-electron chi connectivity index (χ0n) is 11.0. The van der Waals surface area contributed by atoms with Crippen molar-refractivity contribution in [3.63, 3.8) is 0 Å². The number of hydrogen-bond donors (Lipinski definition) is 1. The Labute approximate surface area is 103 Å². The summed E-state index contributed by atoms with van der Waals surface area (Å²) >= 11 is 0. The van der Waals surface area contributed by atoms with Gasteiger partial charge in [-0.1, -0.05) is 32.9 Å². The molecule has 17 heavy (non-hydrogen) atoms. The van der Waals surface area contributed by atoms with Gasteiger partial charge in [-0.15, -0.1) is 0 Å². The van der Waals surface area contributed by atoms with Crippen LogP contribution in [-0.2, 0) is 0 Å². The summed E-state index contributed by atoms with van der Waals surface area (Å²) in [6.45, 7) is 7.88. The van der Waals surface area contributed by atoms with Gasteiger partial charge in [0.05, 0.1) is 0 Å². The number of hydrogen-bond acceptors (Lipinski definition) is 1. The Bertz CT molecular complexity index is 369. The first-order valence-corrected chi connectivity index (χ1v) is 6.54. The van der Waals surface area contributed by atoms with E-state index in [0.717, 1.165) is 6.54 Å². The molecule has 1 nitrogen and oxygen atoms in total. The summed E-state index contributed by atoms with van der Waals surface area (Å²) < 4.78 is 12.9. The molecular weight excluding hydrogens is 213 g/mol. The molecular formula is C15H22FN. The second-order valence-corrected chi connectivity index (χ2v) is 5.67. The average Bonchev–Trinajstić information content (AvgIpc) is 2.30. The molecule has 2 unspecified atom stereocenters. The lowest BCUT2D eigenvalue weighted by Crippen LogP contribution is -2.55. The first-order chi connectivity index (χ1) is 8.05. The SMILES string of the molecule is CCCNC1CC(c2ccc(F)cc2)C1(C)C. The van der Waals surface area contributed by atoms with Gasteiger partial charge in [-0.05, 0) is 48.4 Å². The molecule has 0 spiro atoms. The van der Waals surface area contributed by atoms with E-state index in [-0.39, 0.29) is 11.2 Å². The van der Waals surface area contributed by atoms with Crippen LogP contribution in [0.2, 0.25) is 0 Å². The minimum atomic E-state index is -0.147. The van der Waals surface area contributed by atoms with Crippen molar-refractivity contribution < 1.29 is 4.39 Å². The van der Waals surface area contributed by atoms with E-state index in [2.05, 4.69) is 26.1 Å². The third-order valence-corrected chi connectivity index (χ3v) is 4.18. The van der Waals surface area contributed by atoms with Crippen LogP contribution in [-0.4, -0.2) is 12.6 Å². The first kappa shape index (κ1) is 12.6. The van der Waals surface area contributed by atoms with E-state index in [1.54, 1.807) is 12.1 Å². The Balaban J connectivity index is 2.03. The topological polar surface area (TPSA) is 12.0 Å². The highest BCUT2D eigenvalue weighted by Gasteiger charge is 2.48. The second kappa shape index (κ2) is 4.77. The Kier molecular flexibility index (Phi) is 3.53. The largest absolute Gasteiger partial charge is 0.313 e. The molecule has 1 saturated carbocycles. The summed E-state index contributed by atoms with van der Waals surface area (Å²) in [5.74, 6) is 0.406. The van der Waals surface area contributed by atoms with E-state index >= 15 is 0 Å². The molecule has 0 heterocycles. The fourth-order valence-electron chi connectivity index (χ4n) is 2.85. The van der Waals surface area contributed by atoms with E-state index in [0.29, 0.717) is 12.0 Å². The van der Waals surface area contributed by atoms with Gasteiger partial charge >= 0.3 is 0 Å². The van der Waals surface area contributed by atoms with Crippen molar-refractivity contribution in [3.05, 3.63) is 35.6 Å². The Morgan fingerprint density at radius 2 is 1.94 bits per heavy atom. The van der Waals surface area contributed by atoms with Crippen LogP contribution in [0.3, 0.4) is 0 Å². The molecule has 1 aromatic rings. The molecule has 0 aromatic heterocycles. The number of nitrogens with one attached hydrogen (secondary N) is 1. The molecule has 1 aliphatic rings. The van der Waals surface area contributed by atoms with Gasteiger partial charge < -0.3 is 5.32 Å². The summed E-state index contributed by atoms with van der Waals surface area (Å²) in [5.41, 5.74) is 1.54. The molecule has 1 fully saturated rings. The Morgan fingerprint density at radius 1 is 1.29 bits per heavy atom. The van der Waals surface area contributed by atoms with Gasteiger partial charge in [-0.25, -0.2) is 4.39 Å². The van der Waals surface area contributed by atoms with Crippen LogP contribution in [0.5, 0.6) is 0 Å². The van der Waals surface area contributed by atoms with Crippen molar-refractivity contribution in [2.45, 2.75) is 45.6 Å². The van der Waals surface area contributed by atoms with Gasteiger partial charge in [0.25, 0.3) is 0 Å². The smallest absolute Gasteiger partial charge is 0.123 e. The highest BCUT2D eigenvalue weighted by Crippen LogP contribution is 2.52. The van der Waals surface area contributed by atoms with Gasteiger partial charge in [0.15, 0.2) is 0 Å². The molecule has 1 aromatic carbocycles. The number of halogens is 1. The monoisotopic (exact) mass is 235 g/mol. The zero-order valence-corrected chi connectivity index (χ0v) is 11.0. The predicted octanol–water partition coefficient (Wildman–Crippen LogP) is 3.71. The fraction of sp³-hybridized carbons (Fsp3) is 0.600. The quantitative estimate of drug-likeness (QED) is 0.839. The molecule has 94 valence electrons. The van der Waals surface area contributed by atoms with Crippen LogP contribution in [0.1, 0.15) is 45.1 Å². The van der Waals surface area contributed by atoms with Gasteiger partial charge in [-0.3, -0.25) is 0 Å². The fourth-order valence-corrected chi connectivity index (χ4v) is 2.85. The summed E-state index contributed by atoms with van der Waals surface area (Å²) in [4.78, 5) is 0. The minimum Gasteiger partial charge on any atom is -0.313 e. The first-order valence-electron chi connectivity index (χ1n) is 6.54. The van der Waals surface area contributed by atoms with Crippen LogP contribution >= 0.6 is 0 Å². The van der Waals surface area contributed by atoms with Crippen molar-refractivity contribution in [3.8, 4) is 0 Å². The maximum absolute atomic E-state index is 12.9. The molecule has 2 atom stereocenters. The van der Waals surface area contributed by atoms with Crippen LogP contribution in [0.4, 0.5) is 4.39 Å². The molecule has 2 heteroatoms. The summed E-state index contributed by atoms with van der Waals surface area (Å²) in [6, 6.07) is 7.59. The molecule has 1 N–H and O–H groups in total. The van der Waals surface area contributed by atoms with Crippen LogP contribution in [0.15, 0.2) is 24.3 Å². The van der Waals surface area contributed by atoms with Gasteiger partial charge in [0.2, 0.25) is 0 Å². The molecule has 1 aliphatic carbocycles. The van der Waals surface area contributed by atoms with Crippen molar-refractivity contribution in [2.75, 3.05) is 6.54 Å². The number of benzene rings is 1. The summed E-state index contributed by atoms with van der Waals surface area (Å²) in [7, 11) is 0. The molecule has 0 aliphatic heterocycles. The summed E-state index contributed by atoms with van der Waals surface area (Å²) in [6.07, 6.45) is 2.34.